The molecule has 172 valence electrons. The molecule has 0 saturated carbocycles. The number of halogens is 4. The van der Waals surface area contributed by atoms with Gasteiger partial charge < -0.3 is 9.64 Å². The highest BCUT2D eigenvalue weighted by Crippen LogP contribution is 2.45. The number of hydrogen-bond acceptors (Lipinski definition) is 3. The lowest BCUT2D eigenvalue weighted by molar-refractivity contribution is 0.0391. The standard InChI is InChI=1S/C24H21ClF3N3O2/c1-30-23(12-8-18(26)21(28)19(27)9-12)17-11-15-4-3-5-20(22(17)29-30)31(15)24(32)13-6-14(25)10-16(7-13)33-2/h6-10,15,20H,3-5,11H2,1-2H3/t15-,20+/m0/s1. The summed E-state index contributed by atoms with van der Waals surface area (Å²) in [5, 5.41) is 5.04. The Labute approximate surface area is 193 Å². The maximum absolute atomic E-state index is 14.0. The molecular weight excluding hydrogens is 455 g/mol. The van der Waals surface area contributed by atoms with E-state index in [4.69, 9.17) is 16.3 Å². The number of aromatic nitrogens is 2. The minimum atomic E-state index is -1.50. The Morgan fingerprint density at radius 3 is 2.55 bits per heavy atom. The predicted molar refractivity (Wildman–Crippen MR) is 117 cm³/mol. The summed E-state index contributed by atoms with van der Waals surface area (Å²) in [6.07, 6.45) is 2.93. The maximum atomic E-state index is 14.0. The molecule has 0 aliphatic carbocycles. The summed E-state index contributed by atoms with van der Waals surface area (Å²) in [7, 11) is 3.20. The van der Waals surface area contributed by atoms with Gasteiger partial charge in [-0.1, -0.05) is 11.6 Å². The van der Waals surface area contributed by atoms with Gasteiger partial charge in [0.15, 0.2) is 17.5 Å². The Bertz CT molecular complexity index is 1250. The molecule has 5 nitrogen and oxygen atoms in total. The van der Waals surface area contributed by atoms with E-state index in [0.717, 1.165) is 37.0 Å². The fourth-order valence-corrected chi connectivity index (χ4v) is 5.38. The highest BCUT2D eigenvalue weighted by atomic mass is 35.5. The smallest absolute Gasteiger partial charge is 0.254 e. The molecule has 0 spiro atoms. The van der Waals surface area contributed by atoms with E-state index >= 15 is 0 Å². The predicted octanol–water partition coefficient (Wildman–Crippen LogP) is 5.46. The average Bonchev–Trinajstić information content (AvgIpc) is 3.11. The fraction of sp³-hybridized carbons (Fsp3) is 0.333. The zero-order valence-electron chi connectivity index (χ0n) is 18.0. The fourth-order valence-electron chi connectivity index (χ4n) is 5.16. The van der Waals surface area contributed by atoms with Crippen LogP contribution in [0.15, 0.2) is 30.3 Å². The third-order valence-electron chi connectivity index (χ3n) is 6.52. The number of aryl methyl sites for hydroxylation is 1. The molecule has 9 heteroatoms. The Balaban J connectivity index is 1.58. The van der Waals surface area contributed by atoms with Gasteiger partial charge in [-0.25, -0.2) is 13.2 Å². The van der Waals surface area contributed by atoms with Crippen molar-refractivity contribution in [1.82, 2.24) is 14.7 Å². The number of nitrogens with zero attached hydrogens (tertiary/aromatic N) is 3. The SMILES string of the molecule is COc1cc(Cl)cc(C(=O)N2[C@H]3CCC[C@@H]2c2nn(C)c(-c4cc(F)c(F)c(F)c4)c2C3)c1. The monoisotopic (exact) mass is 475 g/mol. The van der Waals surface area contributed by atoms with Gasteiger partial charge in [-0.2, -0.15) is 5.10 Å². The summed E-state index contributed by atoms with van der Waals surface area (Å²) < 4.78 is 48.3. The first kappa shape index (κ1) is 21.8. The summed E-state index contributed by atoms with van der Waals surface area (Å²) in [5.41, 5.74) is 2.73. The molecule has 5 rings (SSSR count). The molecule has 0 radical (unpaired) electrons. The molecule has 2 aliphatic rings. The average molecular weight is 476 g/mol. The lowest BCUT2D eigenvalue weighted by atomic mass is 9.81. The van der Waals surface area contributed by atoms with E-state index in [2.05, 4.69) is 5.10 Å². The highest BCUT2D eigenvalue weighted by Gasteiger charge is 2.43. The molecule has 1 fully saturated rings. The third-order valence-corrected chi connectivity index (χ3v) is 6.74. The molecule has 0 unspecified atom stereocenters. The maximum Gasteiger partial charge on any atom is 0.254 e. The molecule has 1 amide bonds. The van der Waals surface area contributed by atoms with E-state index in [1.54, 1.807) is 29.9 Å². The minimum absolute atomic E-state index is 0.105. The molecule has 1 aromatic heterocycles. The van der Waals surface area contributed by atoms with Crippen LogP contribution in [0.3, 0.4) is 0 Å². The Hall–Kier alpha value is -3.00. The molecule has 2 aliphatic heterocycles. The number of carbonyl (C=O) groups is 1. The lowest BCUT2D eigenvalue weighted by Crippen LogP contribution is -2.49. The number of hydrogen-bond donors (Lipinski definition) is 0. The summed E-state index contributed by atoms with van der Waals surface area (Å²) in [5.74, 6) is -3.66. The first-order valence-electron chi connectivity index (χ1n) is 10.7. The topological polar surface area (TPSA) is 47.4 Å². The van der Waals surface area contributed by atoms with Crippen molar-refractivity contribution in [3.05, 3.63) is 69.6 Å². The van der Waals surface area contributed by atoms with Crippen molar-refractivity contribution >= 4 is 17.5 Å². The minimum Gasteiger partial charge on any atom is -0.497 e. The second-order valence-electron chi connectivity index (χ2n) is 8.49. The van der Waals surface area contributed by atoms with E-state index < -0.39 is 17.5 Å². The van der Waals surface area contributed by atoms with Crippen molar-refractivity contribution in [2.75, 3.05) is 7.11 Å². The van der Waals surface area contributed by atoms with Crippen LogP contribution in [0.1, 0.15) is 46.9 Å². The number of amides is 1. The van der Waals surface area contributed by atoms with Gasteiger partial charge >= 0.3 is 0 Å². The largest absolute Gasteiger partial charge is 0.497 e. The van der Waals surface area contributed by atoms with Crippen molar-refractivity contribution in [3.8, 4) is 17.0 Å². The van der Waals surface area contributed by atoms with Crippen LogP contribution in [0, 0.1) is 17.5 Å². The Morgan fingerprint density at radius 2 is 1.85 bits per heavy atom. The van der Waals surface area contributed by atoms with Crippen LogP contribution in [0.25, 0.3) is 11.3 Å². The first-order chi connectivity index (χ1) is 15.8. The van der Waals surface area contributed by atoms with Crippen LogP contribution in [0.5, 0.6) is 5.75 Å². The lowest BCUT2D eigenvalue weighted by Gasteiger charge is -2.45. The van der Waals surface area contributed by atoms with Crippen molar-refractivity contribution in [2.45, 2.75) is 37.8 Å². The number of rotatable bonds is 3. The van der Waals surface area contributed by atoms with Gasteiger partial charge in [-0.3, -0.25) is 9.48 Å². The van der Waals surface area contributed by atoms with Gasteiger partial charge in [0.2, 0.25) is 0 Å². The molecular formula is C24H21ClF3N3O2. The van der Waals surface area contributed by atoms with Gasteiger partial charge in [0.25, 0.3) is 5.91 Å². The molecule has 33 heavy (non-hydrogen) atoms. The number of benzene rings is 2. The molecule has 2 aromatic carbocycles. The van der Waals surface area contributed by atoms with Gasteiger partial charge in [0, 0.05) is 34.8 Å². The van der Waals surface area contributed by atoms with Crippen LogP contribution in [0.4, 0.5) is 13.2 Å². The number of fused-ring (bicyclic) bond motifs is 4. The van der Waals surface area contributed by atoms with Crippen molar-refractivity contribution in [3.63, 3.8) is 0 Å². The second-order valence-corrected chi connectivity index (χ2v) is 8.92. The van der Waals surface area contributed by atoms with E-state index in [1.165, 1.54) is 7.11 Å². The van der Waals surface area contributed by atoms with Gasteiger partial charge in [0.1, 0.15) is 5.75 Å². The number of carbonyl (C=O) groups excluding carboxylic acids is 1. The van der Waals surface area contributed by atoms with E-state index in [1.807, 2.05) is 4.90 Å². The number of piperidine rings is 1. The number of ether oxygens (including phenoxy) is 1. The zero-order chi connectivity index (χ0) is 23.4. The van der Waals surface area contributed by atoms with Crippen LogP contribution < -0.4 is 4.74 Å². The summed E-state index contributed by atoms with van der Waals surface area (Å²) in [4.78, 5) is 15.4. The Morgan fingerprint density at radius 1 is 1.12 bits per heavy atom. The Kier molecular flexibility index (Phi) is 5.35. The van der Waals surface area contributed by atoms with Crippen LogP contribution >= 0.6 is 11.6 Å². The summed E-state index contributed by atoms with van der Waals surface area (Å²) >= 11 is 6.19. The van der Waals surface area contributed by atoms with Crippen LogP contribution in [-0.2, 0) is 13.5 Å². The molecule has 2 bridgehead atoms. The quantitative estimate of drug-likeness (QED) is 0.473. The molecule has 1 saturated heterocycles. The molecule has 3 heterocycles. The number of methoxy groups -OCH3 is 1. The van der Waals surface area contributed by atoms with E-state index in [0.29, 0.717) is 34.1 Å². The summed E-state index contributed by atoms with van der Waals surface area (Å²) in [6.45, 7) is 0. The molecule has 0 N–H and O–H groups in total. The van der Waals surface area contributed by atoms with E-state index in [9.17, 15) is 18.0 Å². The second kappa shape index (κ2) is 8.09. The first-order valence-corrected chi connectivity index (χ1v) is 11.0. The zero-order valence-corrected chi connectivity index (χ0v) is 18.8. The van der Waals surface area contributed by atoms with Crippen molar-refractivity contribution < 1.29 is 22.7 Å². The van der Waals surface area contributed by atoms with Crippen molar-refractivity contribution in [2.24, 2.45) is 7.05 Å². The van der Waals surface area contributed by atoms with Crippen molar-refractivity contribution in [1.29, 1.82) is 0 Å². The van der Waals surface area contributed by atoms with Crippen LogP contribution in [0.2, 0.25) is 5.02 Å². The van der Waals surface area contributed by atoms with E-state index in [-0.39, 0.29) is 23.6 Å². The normalized spacial score (nSPS) is 19.4. The molecule has 2 atom stereocenters. The van der Waals surface area contributed by atoms with Crippen LogP contribution in [-0.4, -0.2) is 33.7 Å². The summed E-state index contributed by atoms with van der Waals surface area (Å²) in [6, 6.07) is 6.51. The van der Waals surface area contributed by atoms with Gasteiger partial charge in [0.05, 0.1) is 24.5 Å². The molecule has 3 aromatic rings. The van der Waals surface area contributed by atoms with Gasteiger partial charge in [-0.15, -0.1) is 0 Å². The third kappa shape index (κ3) is 3.57. The highest BCUT2D eigenvalue weighted by molar-refractivity contribution is 6.31. The van der Waals surface area contributed by atoms with Gasteiger partial charge in [-0.05, 0) is 56.0 Å².